The Morgan fingerprint density at radius 2 is 2.03 bits per heavy atom. The van der Waals surface area contributed by atoms with Gasteiger partial charge in [-0.2, -0.15) is 13.2 Å². The van der Waals surface area contributed by atoms with Gasteiger partial charge in [0.1, 0.15) is 11.7 Å². The van der Waals surface area contributed by atoms with Crippen LogP contribution in [0.5, 0.6) is 0 Å². The molecule has 11 heteroatoms. The number of fused-ring (bicyclic) bond motifs is 4. The molecule has 1 amide bonds. The number of benzene rings is 1. The molecule has 1 saturated heterocycles. The molecule has 7 nitrogen and oxygen atoms in total. The van der Waals surface area contributed by atoms with Crippen LogP contribution >= 0.6 is 11.6 Å². The summed E-state index contributed by atoms with van der Waals surface area (Å²) in [5.41, 5.74) is 0.428. The van der Waals surface area contributed by atoms with Gasteiger partial charge in [-0.1, -0.05) is 23.7 Å². The first kappa shape index (κ1) is 20.9. The molecule has 0 saturated carbocycles. The Kier molecular flexibility index (Phi) is 4.94. The summed E-state index contributed by atoms with van der Waals surface area (Å²) in [6.07, 6.45) is -3.40. The quantitative estimate of drug-likeness (QED) is 0.576. The molecule has 0 radical (unpaired) electrons. The SMILES string of the molecule is Cc1cccc(C(=O)N2[C@H]3COC[C@@H]2c2nnc(-c4cc(C(F)(F)F)ccn4)n2C3)c1Cl. The molecule has 5 rings (SSSR count). The van der Waals surface area contributed by atoms with Crippen molar-refractivity contribution in [1.29, 1.82) is 0 Å². The van der Waals surface area contributed by atoms with Crippen molar-refractivity contribution in [3.63, 3.8) is 0 Å². The van der Waals surface area contributed by atoms with Crippen LogP contribution in [0.15, 0.2) is 36.5 Å². The number of hydrogen-bond donors (Lipinski definition) is 0. The number of ether oxygens (including phenoxy) is 1. The first-order valence-corrected chi connectivity index (χ1v) is 10.3. The number of carbonyl (C=O) groups is 1. The van der Waals surface area contributed by atoms with Crippen molar-refractivity contribution in [2.75, 3.05) is 13.2 Å². The third-order valence-corrected chi connectivity index (χ3v) is 6.26. The number of morpholine rings is 1. The van der Waals surface area contributed by atoms with Crippen LogP contribution in [0.2, 0.25) is 5.02 Å². The number of amides is 1. The lowest BCUT2D eigenvalue weighted by Crippen LogP contribution is -2.56. The van der Waals surface area contributed by atoms with Crippen molar-refractivity contribution >= 4 is 17.5 Å². The molecule has 3 aromatic rings. The maximum atomic E-state index is 13.4. The zero-order chi connectivity index (χ0) is 22.6. The molecule has 2 bridgehead atoms. The highest BCUT2D eigenvalue weighted by molar-refractivity contribution is 6.34. The number of halogens is 4. The molecule has 1 aromatic carbocycles. The Labute approximate surface area is 185 Å². The Morgan fingerprint density at radius 1 is 1.22 bits per heavy atom. The van der Waals surface area contributed by atoms with E-state index in [1.54, 1.807) is 21.6 Å². The molecule has 2 atom stereocenters. The number of rotatable bonds is 2. The third-order valence-electron chi connectivity index (χ3n) is 5.76. The van der Waals surface area contributed by atoms with Gasteiger partial charge in [0.15, 0.2) is 11.6 Å². The van der Waals surface area contributed by atoms with Gasteiger partial charge in [0.2, 0.25) is 0 Å². The lowest BCUT2D eigenvalue weighted by molar-refractivity contribution is -0.137. The summed E-state index contributed by atoms with van der Waals surface area (Å²) >= 11 is 6.39. The van der Waals surface area contributed by atoms with Crippen LogP contribution < -0.4 is 0 Å². The molecule has 1 fully saturated rings. The van der Waals surface area contributed by atoms with Crippen LogP contribution in [-0.4, -0.2) is 49.8 Å². The lowest BCUT2D eigenvalue weighted by atomic mass is 10.0. The molecule has 4 heterocycles. The first-order chi connectivity index (χ1) is 15.3. The minimum atomic E-state index is -4.50. The molecule has 0 N–H and O–H groups in total. The maximum absolute atomic E-state index is 13.4. The summed E-state index contributed by atoms with van der Waals surface area (Å²) in [7, 11) is 0. The van der Waals surface area contributed by atoms with E-state index in [0.717, 1.165) is 23.9 Å². The van der Waals surface area contributed by atoms with Gasteiger partial charge in [0.05, 0.1) is 35.4 Å². The summed E-state index contributed by atoms with van der Waals surface area (Å²) in [4.78, 5) is 19.2. The molecule has 2 aliphatic heterocycles. The minimum Gasteiger partial charge on any atom is -0.377 e. The molecule has 2 aliphatic rings. The van der Waals surface area contributed by atoms with E-state index < -0.39 is 17.8 Å². The van der Waals surface area contributed by atoms with Gasteiger partial charge >= 0.3 is 6.18 Å². The van der Waals surface area contributed by atoms with Crippen molar-refractivity contribution in [1.82, 2.24) is 24.6 Å². The van der Waals surface area contributed by atoms with Crippen molar-refractivity contribution in [2.24, 2.45) is 0 Å². The molecule has 0 aliphatic carbocycles. The molecule has 2 aromatic heterocycles. The minimum absolute atomic E-state index is 0.0686. The van der Waals surface area contributed by atoms with Crippen molar-refractivity contribution in [2.45, 2.75) is 31.7 Å². The molecule has 166 valence electrons. The third kappa shape index (κ3) is 3.34. The number of carbonyl (C=O) groups excluding carboxylic acids is 1. The second-order valence-corrected chi connectivity index (χ2v) is 8.15. The van der Waals surface area contributed by atoms with E-state index in [9.17, 15) is 18.0 Å². The summed E-state index contributed by atoms with van der Waals surface area (Å²) in [6.45, 7) is 2.56. The van der Waals surface area contributed by atoms with Crippen LogP contribution in [0.1, 0.15) is 33.4 Å². The fourth-order valence-corrected chi connectivity index (χ4v) is 4.41. The zero-order valence-electron chi connectivity index (χ0n) is 16.8. The zero-order valence-corrected chi connectivity index (χ0v) is 17.6. The van der Waals surface area contributed by atoms with E-state index >= 15 is 0 Å². The molecular formula is C21H17ClF3N5O2. The monoisotopic (exact) mass is 463 g/mol. The number of aromatic nitrogens is 4. The van der Waals surface area contributed by atoms with E-state index in [1.165, 1.54) is 0 Å². The second kappa shape index (κ2) is 7.56. The van der Waals surface area contributed by atoms with Crippen molar-refractivity contribution in [3.8, 4) is 11.5 Å². The molecule has 0 spiro atoms. The van der Waals surface area contributed by atoms with Crippen LogP contribution in [0, 0.1) is 6.92 Å². The van der Waals surface area contributed by atoms with Crippen LogP contribution in [0.4, 0.5) is 13.2 Å². The van der Waals surface area contributed by atoms with Gasteiger partial charge in [-0.25, -0.2) is 0 Å². The topological polar surface area (TPSA) is 73.1 Å². The predicted octanol–water partition coefficient (Wildman–Crippen LogP) is 3.92. The lowest BCUT2D eigenvalue weighted by Gasteiger charge is -2.45. The Balaban J connectivity index is 1.54. The molecule has 0 unspecified atom stereocenters. The number of alkyl halides is 3. The first-order valence-electron chi connectivity index (χ1n) is 9.88. The molecular weight excluding hydrogens is 447 g/mol. The van der Waals surface area contributed by atoms with Crippen molar-refractivity contribution in [3.05, 3.63) is 64.1 Å². The fraction of sp³-hybridized carbons (Fsp3) is 0.333. The highest BCUT2D eigenvalue weighted by Crippen LogP contribution is 2.37. The standard InChI is InChI=1S/C21H17ClF3N5O2/c1-11-3-2-4-14(17(11)22)20(31)30-13-8-29-18(27-28-19(29)16(30)10-32-9-13)15-7-12(5-6-26-15)21(23,24)25/h2-7,13,16H,8-10H2,1H3/t13-,16-/m1/s1. The van der Waals surface area contributed by atoms with E-state index in [-0.39, 0.29) is 43.2 Å². The summed E-state index contributed by atoms with van der Waals surface area (Å²) in [6, 6.07) is 6.23. The summed E-state index contributed by atoms with van der Waals surface area (Å²) < 4.78 is 46.9. The van der Waals surface area contributed by atoms with Crippen LogP contribution in [0.3, 0.4) is 0 Å². The van der Waals surface area contributed by atoms with Crippen LogP contribution in [0.25, 0.3) is 11.5 Å². The van der Waals surface area contributed by atoms with Gasteiger partial charge < -0.3 is 14.2 Å². The van der Waals surface area contributed by atoms with Gasteiger partial charge in [-0.3, -0.25) is 9.78 Å². The summed E-state index contributed by atoms with van der Waals surface area (Å²) in [5, 5.41) is 8.70. The maximum Gasteiger partial charge on any atom is 0.416 e. The van der Waals surface area contributed by atoms with E-state index in [2.05, 4.69) is 15.2 Å². The van der Waals surface area contributed by atoms with Gasteiger partial charge in [0.25, 0.3) is 5.91 Å². The highest BCUT2D eigenvalue weighted by atomic mass is 35.5. The normalized spacial score (nSPS) is 20.2. The van der Waals surface area contributed by atoms with E-state index in [4.69, 9.17) is 16.3 Å². The largest absolute Gasteiger partial charge is 0.416 e. The fourth-order valence-electron chi connectivity index (χ4n) is 4.20. The van der Waals surface area contributed by atoms with Gasteiger partial charge in [0, 0.05) is 12.7 Å². The average Bonchev–Trinajstić information content (AvgIpc) is 3.18. The smallest absolute Gasteiger partial charge is 0.377 e. The number of hydrogen-bond acceptors (Lipinski definition) is 5. The average molecular weight is 464 g/mol. The van der Waals surface area contributed by atoms with Crippen molar-refractivity contribution < 1.29 is 22.7 Å². The molecule has 32 heavy (non-hydrogen) atoms. The second-order valence-electron chi connectivity index (χ2n) is 7.78. The van der Waals surface area contributed by atoms with Crippen LogP contribution in [-0.2, 0) is 17.5 Å². The van der Waals surface area contributed by atoms with Gasteiger partial charge in [-0.05, 0) is 30.7 Å². The number of pyridine rings is 1. The predicted molar refractivity (Wildman–Crippen MR) is 108 cm³/mol. The van der Waals surface area contributed by atoms with Gasteiger partial charge in [-0.15, -0.1) is 10.2 Å². The Bertz CT molecular complexity index is 1210. The Hall–Kier alpha value is -2.98. The Morgan fingerprint density at radius 3 is 2.81 bits per heavy atom. The number of nitrogens with zero attached hydrogens (tertiary/aromatic N) is 5. The highest BCUT2D eigenvalue weighted by Gasteiger charge is 2.44. The van der Waals surface area contributed by atoms with E-state index in [0.29, 0.717) is 16.4 Å². The summed E-state index contributed by atoms with van der Waals surface area (Å²) in [5.74, 6) is 0.418. The number of aryl methyl sites for hydroxylation is 1. The van der Waals surface area contributed by atoms with E-state index in [1.807, 2.05) is 13.0 Å².